The highest BCUT2D eigenvalue weighted by molar-refractivity contribution is 7.17. The molecule has 0 unspecified atom stereocenters. The SMILES string of the molecule is COc1ccc([C@@H](C)NC(=O)c2ccc(Cl)s2)cc1F. The summed E-state index contributed by atoms with van der Waals surface area (Å²) in [4.78, 5) is 12.5. The number of nitrogens with one attached hydrogen (secondary N) is 1. The molecule has 0 saturated heterocycles. The van der Waals surface area contributed by atoms with Gasteiger partial charge in [0, 0.05) is 0 Å². The van der Waals surface area contributed by atoms with Gasteiger partial charge in [0.15, 0.2) is 11.6 Å². The summed E-state index contributed by atoms with van der Waals surface area (Å²) in [5.74, 6) is -0.506. The number of halogens is 2. The Labute approximate surface area is 125 Å². The largest absolute Gasteiger partial charge is 0.494 e. The van der Waals surface area contributed by atoms with Crippen molar-refractivity contribution in [2.75, 3.05) is 7.11 Å². The van der Waals surface area contributed by atoms with Gasteiger partial charge in [0.25, 0.3) is 5.91 Å². The van der Waals surface area contributed by atoms with E-state index < -0.39 is 5.82 Å². The van der Waals surface area contributed by atoms with E-state index in [-0.39, 0.29) is 17.7 Å². The molecule has 1 aromatic carbocycles. The summed E-state index contributed by atoms with van der Waals surface area (Å²) < 4.78 is 19.0. The average Bonchev–Trinajstić information content (AvgIpc) is 2.85. The molecule has 0 spiro atoms. The predicted molar refractivity (Wildman–Crippen MR) is 78.2 cm³/mol. The van der Waals surface area contributed by atoms with Gasteiger partial charge in [-0.2, -0.15) is 0 Å². The van der Waals surface area contributed by atoms with E-state index in [4.69, 9.17) is 16.3 Å². The van der Waals surface area contributed by atoms with E-state index in [2.05, 4.69) is 5.32 Å². The topological polar surface area (TPSA) is 38.3 Å². The van der Waals surface area contributed by atoms with Crippen molar-refractivity contribution in [3.05, 3.63) is 50.9 Å². The minimum Gasteiger partial charge on any atom is -0.494 e. The molecular formula is C14H13ClFNO2S. The van der Waals surface area contributed by atoms with Crippen molar-refractivity contribution in [1.82, 2.24) is 5.32 Å². The molecule has 6 heteroatoms. The zero-order valence-corrected chi connectivity index (χ0v) is 12.5. The molecule has 0 aliphatic heterocycles. The maximum absolute atomic E-state index is 13.6. The molecule has 0 aliphatic carbocycles. The van der Waals surface area contributed by atoms with Crippen molar-refractivity contribution >= 4 is 28.8 Å². The van der Waals surface area contributed by atoms with Crippen molar-refractivity contribution in [3.8, 4) is 5.75 Å². The van der Waals surface area contributed by atoms with Crippen molar-refractivity contribution < 1.29 is 13.9 Å². The summed E-state index contributed by atoms with van der Waals surface area (Å²) in [5, 5.41) is 2.80. The Morgan fingerprint density at radius 1 is 1.40 bits per heavy atom. The highest BCUT2D eigenvalue weighted by Gasteiger charge is 2.14. The average molecular weight is 314 g/mol. The van der Waals surface area contributed by atoms with E-state index in [1.165, 1.54) is 30.6 Å². The highest BCUT2D eigenvalue weighted by Crippen LogP contribution is 2.24. The molecule has 0 aliphatic rings. The molecule has 0 saturated carbocycles. The standard InChI is InChI=1S/C14H13ClFNO2S/c1-8(9-3-4-11(19-2)10(16)7-9)17-14(18)12-5-6-13(15)20-12/h3-8H,1-2H3,(H,17,18)/t8-/m1/s1. The predicted octanol–water partition coefficient (Wildman–Crippen LogP) is 4.04. The van der Waals surface area contributed by atoms with E-state index >= 15 is 0 Å². The lowest BCUT2D eigenvalue weighted by Gasteiger charge is -2.14. The molecular weight excluding hydrogens is 301 g/mol. The van der Waals surface area contributed by atoms with Gasteiger partial charge in [-0.3, -0.25) is 4.79 Å². The number of benzene rings is 1. The number of rotatable bonds is 4. The van der Waals surface area contributed by atoms with E-state index in [0.717, 1.165) is 0 Å². The summed E-state index contributed by atoms with van der Waals surface area (Å²) in [5.41, 5.74) is 0.666. The summed E-state index contributed by atoms with van der Waals surface area (Å²) in [6, 6.07) is 7.61. The lowest BCUT2D eigenvalue weighted by atomic mass is 10.1. The molecule has 106 valence electrons. The molecule has 1 N–H and O–H groups in total. The highest BCUT2D eigenvalue weighted by atomic mass is 35.5. The number of hydrogen-bond acceptors (Lipinski definition) is 3. The number of ether oxygens (including phenoxy) is 1. The van der Waals surface area contributed by atoms with E-state index in [1.54, 1.807) is 25.1 Å². The van der Waals surface area contributed by atoms with Crippen molar-refractivity contribution in [2.45, 2.75) is 13.0 Å². The fourth-order valence-corrected chi connectivity index (χ4v) is 2.69. The van der Waals surface area contributed by atoms with Crippen LogP contribution in [0.1, 0.15) is 28.2 Å². The first-order chi connectivity index (χ1) is 9.51. The lowest BCUT2D eigenvalue weighted by molar-refractivity contribution is 0.0944. The van der Waals surface area contributed by atoms with Crippen LogP contribution in [0.2, 0.25) is 4.34 Å². The Kier molecular flexibility index (Phi) is 4.62. The van der Waals surface area contributed by atoms with Crippen molar-refractivity contribution in [1.29, 1.82) is 0 Å². The van der Waals surface area contributed by atoms with Crippen LogP contribution in [-0.4, -0.2) is 13.0 Å². The molecule has 20 heavy (non-hydrogen) atoms. The van der Waals surface area contributed by atoms with Crippen LogP contribution < -0.4 is 10.1 Å². The minimum atomic E-state index is -0.453. The van der Waals surface area contributed by atoms with Crippen LogP contribution in [0.3, 0.4) is 0 Å². The number of thiophene rings is 1. The molecule has 2 rings (SSSR count). The first-order valence-corrected chi connectivity index (χ1v) is 7.10. The third kappa shape index (κ3) is 3.29. The van der Waals surface area contributed by atoms with Gasteiger partial charge in [-0.1, -0.05) is 17.7 Å². The molecule has 0 radical (unpaired) electrons. The summed E-state index contributed by atoms with van der Waals surface area (Å²) in [6.45, 7) is 1.79. The fourth-order valence-electron chi connectivity index (χ4n) is 1.74. The van der Waals surface area contributed by atoms with Crippen LogP contribution in [-0.2, 0) is 0 Å². The molecule has 1 amide bonds. The zero-order chi connectivity index (χ0) is 14.7. The summed E-state index contributed by atoms with van der Waals surface area (Å²) in [7, 11) is 1.41. The molecule has 1 heterocycles. The Morgan fingerprint density at radius 2 is 2.15 bits per heavy atom. The van der Waals surface area contributed by atoms with Crippen LogP contribution in [0.25, 0.3) is 0 Å². The second kappa shape index (κ2) is 6.24. The number of amides is 1. The number of methoxy groups -OCH3 is 1. The molecule has 0 bridgehead atoms. The normalized spacial score (nSPS) is 12.0. The minimum absolute atomic E-state index is 0.178. The van der Waals surface area contributed by atoms with Crippen LogP contribution in [0.5, 0.6) is 5.75 Å². The van der Waals surface area contributed by atoms with Gasteiger partial charge in [-0.15, -0.1) is 11.3 Å². The Bertz CT molecular complexity index is 629. The molecule has 1 aromatic heterocycles. The van der Waals surface area contributed by atoms with Crippen LogP contribution in [0, 0.1) is 5.82 Å². The second-order valence-corrected chi connectivity index (χ2v) is 5.91. The van der Waals surface area contributed by atoms with Crippen LogP contribution >= 0.6 is 22.9 Å². The maximum Gasteiger partial charge on any atom is 0.261 e. The van der Waals surface area contributed by atoms with Gasteiger partial charge in [0.05, 0.1) is 22.4 Å². The Hall–Kier alpha value is -1.59. The lowest BCUT2D eigenvalue weighted by Crippen LogP contribution is -2.25. The van der Waals surface area contributed by atoms with Gasteiger partial charge in [-0.05, 0) is 36.8 Å². The van der Waals surface area contributed by atoms with Crippen LogP contribution in [0.4, 0.5) is 4.39 Å². The van der Waals surface area contributed by atoms with E-state index in [1.807, 2.05) is 0 Å². The second-order valence-electron chi connectivity index (χ2n) is 4.19. The first kappa shape index (κ1) is 14.8. The third-order valence-electron chi connectivity index (χ3n) is 2.82. The van der Waals surface area contributed by atoms with Gasteiger partial charge in [-0.25, -0.2) is 4.39 Å². The van der Waals surface area contributed by atoms with Gasteiger partial charge < -0.3 is 10.1 Å². The molecule has 1 atom stereocenters. The van der Waals surface area contributed by atoms with Gasteiger partial charge >= 0.3 is 0 Å². The Morgan fingerprint density at radius 3 is 2.70 bits per heavy atom. The smallest absolute Gasteiger partial charge is 0.261 e. The number of carbonyl (C=O) groups is 1. The quantitative estimate of drug-likeness (QED) is 0.925. The van der Waals surface area contributed by atoms with E-state index in [9.17, 15) is 9.18 Å². The van der Waals surface area contributed by atoms with Crippen molar-refractivity contribution in [2.24, 2.45) is 0 Å². The third-order valence-corrected chi connectivity index (χ3v) is 4.05. The maximum atomic E-state index is 13.6. The first-order valence-electron chi connectivity index (χ1n) is 5.91. The van der Waals surface area contributed by atoms with Gasteiger partial charge in [0.1, 0.15) is 0 Å². The van der Waals surface area contributed by atoms with Crippen molar-refractivity contribution in [3.63, 3.8) is 0 Å². The van der Waals surface area contributed by atoms with Gasteiger partial charge in [0.2, 0.25) is 0 Å². The van der Waals surface area contributed by atoms with Crippen LogP contribution in [0.15, 0.2) is 30.3 Å². The van der Waals surface area contributed by atoms with E-state index in [0.29, 0.717) is 14.8 Å². The number of carbonyl (C=O) groups excluding carboxylic acids is 1. The molecule has 2 aromatic rings. The monoisotopic (exact) mass is 313 g/mol. The summed E-state index contributed by atoms with van der Waals surface area (Å²) >= 11 is 6.99. The zero-order valence-electron chi connectivity index (χ0n) is 10.9. The summed E-state index contributed by atoms with van der Waals surface area (Å²) in [6.07, 6.45) is 0. The Balaban J connectivity index is 2.10. The fraction of sp³-hybridized carbons (Fsp3) is 0.214. The molecule has 3 nitrogen and oxygen atoms in total. The number of hydrogen-bond donors (Lipinski definition) is 1. The molecule has 0 fully saturated rings.